The van der Waals surface area contributed by atoms with Gasteiger partial charge >= 0.3 is 0 Å². The molecule has 0 aromatic carbocycles. The third-order valence-electron chi connectivity index (χ3n) is 4.37. The summed E-state index contributed by atoms with van der Waals surface area (Å²) in [5.41, 5.74) is 4.11. The van der Waals surface area contributed by atoms with Crippen molar-refractivity contribution < 1.29 is 4.79 Å². The maximum absolute atomic E-state index is 11.3. The first kappa shape index (κ1) is 10.3. The number of hydrogen-bond acceptors (Lipinski definition) is 2. The molecule has 2 saturated carbocycles. The molecule has 2 fully saturated rings. The molecule has 2 aromatic rings. The smallest absolute Gasteiger partial charge is 0.168 e. The maximum atomic E-state index is 11.3. The number of fused-ring (bicyclic) bond motifs is 1. The number of hydrogen-bond donors (Lipinski definition) is 0. The Morgan fingerprint density at radius 1 is 1.22 bits per heavy atom. The monoisotopic (exact) mass is 240 g/mol. The van der Waals surface area contributed by atoms with Crippen LogP contribution in [0.4, 0.5) is 0 Å². The van der Waals surface area contributed by atoms with Gasteiger partial charge in [0.25, 0.3) is 0 Å². The van der Waals surface area contributed by atoms with Crippen molar-refractivity contribution in [2.45, 2.75) is 43.9 Å². The Balaban J connectivity index is 1.87. The highest BCUT2D eigenvalue weighted by Gasteiger charge is 2.28. The van der Waals surface area contributed by atoms with Crippen molar-refractivity contribution in [1.82, 2.24) is 9.38 Å². The van der Waals surface area contributed by atoms with Gasteiger partial charge in [-0.15, -0.1) is 0 Å². The van der Waals surface area contributed by atoms with Crippen LogP contribution in [-0.4, -0.2) is 15.7 Å². The highest BCUT2D eigenvalue weighted by molar-refractivity contribution is 5.77. The molecule has 92 valence electrons. The van der Waals surface area contributed by atoms with Crippen LogP contribution in [0.1, 0.15) is 65.7 Å². The second-order valence-corrected chi connectivity index (χ2v) is 5.59. The summed E-state index contributed by atoms with van der Waals surface area (Å²) in [6.45, 7) is 0. The van der Waals surface area contributed by atoms with Crippen molar-refractivity contribution in [2.24, 2.45) is 0 Å². The zero-order valence-electron chi connectivity index (χ0n) is 10.3. The first-order valence-corrected chi connectivity index (χ1v) is 6.84. The summed E-state index contributed by atoms with van der Waals surface area (Å²) in [4.78, 5) is 16.0. The Labute approximate surface area is 106 Å². The van der Waals surface area contributed by atoms with Crippen molar-refractivity contribution >= 4 is 11.9 Å². The van der Waals surface area contributed by atoms with E-state index in [4.69, 9.17) is 4.98 Å². The molecule has 3 nitrogen and oxygen atoms in total. The van der Waals surface area contributed by atoms with E-state index in [2.05, 4.69) is 12.1 Å². The first-order valence-electron chi connectivity index (χ1n) is 6.84. The highest BCUT2D eigenvalue weighted by Crippen LogP contribution is 2.41. The van der Waals surface area contributed by atoms with Crippen LogP contribution in [0.5, 0.6) is 0 Å². The lowest BCUT2D eigenvalue weighted by atomic mass is 9.82. The van der Waals surface area contributed by atoms with Gasteiger partial charge in [0.1, 0.15) is 11.3 Å². The predicted octanol–water partition coefficient (Wildman–Crippen LogP) is 3.29. The molecular formula is C15H16N2O. The summed E-state index contributed by atoms with van der Waals surface area (Å²) in [7, 11) is 0. The average Bonchev–Trinajstić information content (AvgIpc) is 3.09. The van der Waals surface area contributed by atoms with Gasteiger partial charge in [0.2, 0.25) is 0 Å². The minimum atomic E-state index is 0.509. The minimum Gasteiger partial charge on any atom is -0.297 e. The third-order valence-corrected chi connectivity index (χ3v) is 4.37. The van der Waals surface area contributed by atoms with E-state index in [9.17, 15) is 4.79 Å². The van der Waals surface area contributed by atoms with Crippen molar-refractivity contribution in [3.8, 4) is 0 Å². The molecule has 0 unspecified atom stereocenters. The quantitative estimate of drug-likeness (QED) is 0.771. The number of pyridine rings is 1. The molecule has 0 atom stereocenters. The van der Waals surface area contributed by atoms with Gasteiger partial charge in [-0.1, -0.05) is 6.42 Å². The van der Waals surface area contributed by atoms with Crippen LogP contribution >= 0.6 is 0 Å². The van der Waals surface area contributed by atoms with E-state index in [-0.39, 0.29) is 0 Å². The molecular weight excluding hydrogens is 224 g/mol. The van der Waals surface area contributed by atoms with Crippen molar-refractivity contribution in [3.05, 3.63) is 35.3 Å². The summed E-state index contributed by atoms with van der Waals surface area (Å²) in [6.07, 6.45) is 9.21. The average molecular weight is 240 g/mol. The Morgan fingerprint density at radius 3 is 2.67 bits per heavy atom. The van der Waals surface area contributed by atoms with Crippen molar-refractivity contribution in [3.63, 3.8) is 0 Å². The molecule has 3 heteroatoms. The summed E-state index contributed by atoms with van der Waals surface area (Å²) in [5, 5.41) is 0. The van der Waals surface area contributed by atoms with E-state index in [1.54, 1.807) is 0 Å². The molecule has 0 amide bonds. The van der Waals surface area contributed by atoms with Gasteiger partial charge in [0.15, 0.2) is 6.29 Å². The fourth-order valence-electron chi connectivity index (χ4n) is 2.87. The van der Waals surface area contributed by atoms with E-state index >= 15 is 0 Å². The number of aldehydes is 1. The molecule has 0 bridgehead atoms. The fourth-order valence-corrected chi connectivity index (χ4v) is 2.87. The predicted molar refractivity (Wildman–Crippen MR) is 69.1 cm³/mol. The molecule has 2 aliphatic carbocycles. The second kappa shape index (κ2) is 3.67. The second-order valence-electron chi connectivity index (χ2n) is 5.59. The van der Waals surface area contributed by atoms with E-state index in [0.717, 1.165) is 29.2 Å². The maximum Gasteiger partial charge on any atom is 0.168 e. The molecule has 18 heavy (non-hydrogen) atoms. The number of carbonyl (C=O) groups excluding carboxylic acids is 1. The lowest BCUT2D eigenvalue weighted by Crippen LogP contribution is -2.11. The third kappa shape index (κ3) is 1.43. The highest BCUT2D eigenvalue weighted by atomic mass is 16.1. The first-order chi connectivity index (χ1) is 8.86. The summed E-state index contributed by atoms with van der Waals surface area (Å²) >= 11 is 0. The Kier molecular flexibility index (Phi) is 2.10. The zero-order chi connectivity index (χ0) is 12.1. The minimum absolute atomic E-state index is 0.509. The van der Waals surface area contributed by atoms with Gasteiger partial charge in [0, 0.05) is 12.1 Å². The summed E-state index contributed by atoms with van der Waals surface area (Å²) < 4.78 is 1.95. The standard InChI is InChI=1S/C15H16N2O/c18-9-13-15(11-2-1-3-11)16-14-8-12(10-4-5-10)6-7-17(13)14/h6-11H,1-5H2. The summed E-state index contributed by atoms with van der Waals surface area (Å²) in [6, 6.07) is 4.30. The van der Waals surface area contributed by atoms with E-state index in [1.165, 1.54) is 37.7 Å². The SMILES string of the molecule is O=Cc1c(C2CCC2)nc2cc(C3CC3)ccn12. The molecule has 0 spiro atoms. The van der Waals surface area contributed by atoms with Crippen molar-refractivity contribution in [1.29, 1.82) is 0 Å². The number of carbonyl (C=O) groups is 1. The van der Waals surface area contributed by atoms with Gasteiger partial charge in [-0.3, -0.25) is 9.20 Å². The van der Waals surface area contributed by atoms with Crippen LogP contribution in [0.15, 0.2) is 18.3 Å². The molecule has 0 N–H and O–H groups in total. The lowest BCUT2D eigenvalue weighted by molar-refractivity contribution is 0.111. The van der Waals surface area contributed by atoms with Crippen LogP contribution in [0, 0.1) is 0 Å². The molecule has 2 aliphatic rings. The lowest BCUT2D eigenvalue weighted by Gasteiger charge is -2.23. The molecule has 0 aliphatic heterocycles. The normalized spacial score (nSPS) is 20.0. The largest absolute Gasteiger partial charge is 0.297 e. The molecule has 0 radical (unpaired) electrons. The fraction of sp³-hybridized carbons (Fsp3) is 0.467. The van der Waals surface area contributed by atoms with Gasteiger partial charge < -0.3 is 0 Å². The van der Waals surface area contributed by atoms with Gasteiger partial charge in [-0.25, -0.2) is 4.98 Å². The van der Waals surface area contributed by atoms with Crippen LogP contribution < -0.4 is 0 Å². The van der Waals surface area contributed by atoms with Gasteiger partial charge in [-0.2, -0.15) is 0 Å². The summed E-state index contributed by atoms with van der Waals surface area (Å²) in [5.74, 6) is 1.24. The van der Waals surface area contributed by atoms with Crippen molar-refractivity contribution in [2.75, 3.05) is 0 Å². The number of aromatic nitrogens is 2. The molecule has 4 rings (SSSR count). The number of rotatable bonds is 3. The number of nitrogens with zero attached hydrogens (tertiary/aromatic N) is 2. The van der Waals surface area contributed by atoms with E-state index < -0.39 is 0 Å². The Morgan fingerprint density at radius 2 is 2.06 bits per heavy atom. The topological polar surface area (TPSA) is 34.4 Å². The van der Waals surface area contributed by atoms with E-state index in [1.807, 2.05) is 10.6 Å². The van der Waals surface area contributed by atoms with Gasteiger partial charge in [-0.05, 0) is 49.3 Å². The van der Waals surface area contributed by atoms with Crippen LogP contribution in [0.3, 0.4) is 0 Å². The Bertz CT molecular complexity index is 621. The zero-order valence-corrected chi connectivity index (χ0v) is 10.3. The van der Waals surface area contributed by atoms with Gasteiger partial charge in [0.05, 0.1) is 5.69 Å². The van der Waals surface area contributed by atoms with Crippen LogP contribution in [-0.2, 0) is 0 Å². The molecule has 0 saturated heterocycles. The molecule has 2 aromatic heterocycles. The molecule has 2 heterocycles. The van der Waals surface area contributed by atoms with Crippen LogP contribution in [0.25, 0.3) is 5.65 Å². The van der Waals surface area contributed by atoms with Crippen LogP contribution in [0.2, 0.25) is 0 Å². The van der Waals surface area contributed by atoms with E-state index in [0.29, 0.717) is 5.92 Å². The number of imidazole rings is 1. The Hall–Kier alpha value is -1.64.